The molecule has 2 heterocycles. The third-order valence-electron chi connectivity index (χ3n) is 5.99. The second-order valence-corrected chi connectivity index (χ2v) is 8.79. The highest BCUT2D eigenvalue weighted by atomic mass is 16.7. The van der Waals surface area contributed by atoms with Crippen LogP contribution in [0.2, 0.25) is 0 Å². The Labute approximate surface area is 182 Å². The van der Waals surface area contributed by atoms with E-state index >= 15 is 0 Å². The molecule has 0 amide bonds. The standard InChI is InChI=1S/C25H28O6/c1-15-13-28-23(30-15)11-17-5-7-19(21(26)9-17)25(3,4)20-8-6-18(10-22(20)27)12-24-29-14-16(2)31-24/h7-8,11-12,23-24H,1-2,5-6,9-10,13-14H2,3-4H3. The predicted molar refractivity (Wildman–Crippen MR) is 115 cm³/mol. The van der Waals surface area contributed by atoms with Crippen LogP contribution in [-0.2, 0) is 28.5 Å². The number of hydrogen-bond donors (Lipinski definition) is 0. The first kappa shape index (κ1) is 21.5. The van der Waals surface area contributed by atoms with Gasteiger partial charge < -0.3 is 18.9 Å². The van der Waals surface area contributed by atoms with Crippen LogP contribution < -0.4 is 0 Å². The lowest BCUT2D eigenvalue weighted by atomic mass is 9.68. The fourth-order valence-electron chi connectivity index (χ4n) is 4.41. The van der Waals surface area contributed by atoms with Gasteiger partial charge in [0.05, 0.1) is 0 Å². The zero-order chi connectivity index (χ0) is 22.2. The monoisotopic (exact) mass is 424 g/mol. The summed E-state index contributed by atoms with van der Waals surface area (Å²) < 4.78 is 21.8. The number of ketones is 2. The van der Waals surface area contributed by atoms with Crippen LogP contribution in [0.4, 0.5) is 0 Å². The molecular weight excluding hydrogens is 396 g/mol. The van der Waals surface area contributed by atoms with Gasteiger partial charge in [0.1, 0.15) is 24.7 Å². The number of hydrogen-bond acceptors (Lipinski definition) is 6. The summed E-state index contributed by atoms with van der Waals surface area (Å²) in [6.45, 7) is 12.1. The molecule has 4 rings (SSSR count). The van der Waals surface area contributed by atoms with E-state index in [1.165, 1.54) is 0 Å². The van der Waals surface area contributed by atoms with Crippen molar-refractivity contribution < 1.29 is 28.5 Å². The molecule has 2 saturated heterocycles. The lowest BCUT2D eigenvalue weighted by Crippen LogP contribution is -2.31. The zero-order valence-electron chi connectivity index (χ0n) is 18.1. The second-order valence-electron chi connectivity index (χ2n) is 8.79. The Morgan fingerprint density at radius 3 is 1.58 bits per heavy atom. The van der Waals surface area contributed by atoms with Gasteiger partial charge in [0.25, 0.3) is 0 Å². The lowest BCUT2D eigenvalue weighted by Gasteiger charge is -2.34. The highest BCUT2D eigenvalue weighted by Crippen LogP contribution is 2.42. The van der Waals surface area contributed by atoms with E-state index < -0.39 is 18.0 Å². The second kappa shape index (κ2) is 8.44. The van der Waals surface area contributed by atoms with E-state index in [2.05, 4.69) is 13.2 Å². The Morgan fingerprint density at radius 2 is 1.26 bits per heavy atom. The SMILES string of the molecule is C=C1COC(C=C2CC=C(C(C)(C)C3=CCC(=CC4OCC(=C)O4)CC3=O)C(=O)C2)O1. The van der Waals surface area contributed by atoms with Gasteiger partial charge in [0.2, 0.25) is 12.6 Å². The topological polar surface area (TPSA) is 71.1 Å². The molecule has 2 unspecified atom stereocenters. The number of carbonyl (C=O) groups is 2. The third kappa shape index (κ3) is 4.65. The van der Waals surface area contributed by atoms with E-state index in [4.69, 9.17) is 18.9 Å². The molecule has 2 fully saturated rings. The molecule has 2 atom stereocenters. The molecule has 0 aromatic carbocycles. The molecule has 0 aromatic heterocycles. The van der Waals surface area contributed by atoms with Crippen LogP contribution in [-0.4, -0.2) is 37.4 Å². The highest BCUT2D eigenvalue weighted by Gasteiger charge is 2.38. The van der Waals surface area contributed by atoms with E-state index in [1.54, 1.807) is 0 Å². The third-order valence-corrected chi connectivity index (χ3v) is 5.99. The van der Waals surface area contributed by atoms with Gasteiger partial charge in [-0.25, -0.2) is 0 Å². The van der Waals surface area contributed by atoms with Crippen molar-refractivity contribution in [2.75, 3.05) is 13.2 Å². The first-order valence-corrected chi connectivity index (χ1v) is 10.5. The molecule has 0 N–H and O–H groups in total. The molecule has 4 aliphatic rings. The molecule has 6 nitrogen and oxygen atoms in total. The normalized spacial score (nSPS) is 29.9. The largest absolute Gasteiger partial charge is 0.464 e. The molecule has 0 spiro atoms. The van der Waals surface area contributed by atoms with Crippen LogP contribution in [0.1, 0.15) is 39.5 Å². The minimum Gasteiger partial charge on any atom is -0.464 e. The van der Waals surface area contributed by atoms with Crippen molar-refractivity contribution in [2.45, 2.75) is 52.1 Å². The summed E-state index contributed by atoms with van der Waals surface area (Å²) in [5, 5.41) is 0. The van der Waals surface area contributed by atoms with Crippen molar-refractivity contribution in [1.29, 1.82) is 0 Å². The van der Waals surface area contributed by atoms with Crippen molar-refractivity contribution in [2.24, 2.45) is 5.41 Å². The molecule has 2 aliphatic carbocycles. The van der Waals surface area contributed by atoms with Gasteiger partial charge in [-0.2, -0.15) is 0 Å². The highest BCUT2D eigenvalue weighted by molar-refractivity contribution is 6.05. The Balaban J connectivity index is 1.47. The summed E-state index contributed by atoms with van der Waals surface area (Å²) in [4.78, 5) is 25.9. The molecule has 164 valence electrons. The van der Waals surface area contributed by atoms with Crippen LogP contribution in [0, 0.1) is 5.41 Å². The van der Waals surface area contributed by atoms with Crippen molar-refractivity contribution in [3.63, 3.8) is 0 Å². The quantitative estimate of drug-likeness (QED) is 0.630. The van der Waals surface area contributed by atoms with Gasteiger partial charge >= 0.3 is 0 Å². The maximum Gasteiger partial charge on any atom is 0.220 e. The molecule has 6 heteroatoms. The van der Waals surface area contributed by atoms with Gasteiger partial charge in [0.15, 0.2) is 11.6 Å². The minimum absolute atomic E-state index is 0.0284. The summed E-state index contributed by atoms with van der Waals surface area (Å²) in [6, 6.07) is 0. The molecule has 31 heavy (non-hydrogen) atoms. The molecule has 0 saturated carbocycles. The average Bonchev–Trinajstić information content (AvgIpc) is 3.29. The van der Waals surface area contributed by atoms with E-state index in [-0.39, 0.29) is 11.6 Å². The molecular formula is C25H28O6. The summed E-state index contributed by atoms with van der Waals surface area (Å²) in [5.41, 5.74) is 2.64. The Kier molecular flexibility index (Phi) is 5.86. The smallest absolute Gasteiger partial charge is 0.220 e. The van der Waals surface area contributed by atoms with Crippen LogP contribution in [0.3, 0.4) is 0 Å². The first-order chi connectivity index (χ1) is 14.7. The number of Topliss-reactive ketones (excluding diaryl/α,β-unsaturated/α-hetero) is 2. The summed E-state index contributed by atoms with van der Waals surface area (Å²) in [6.07, 6.45) is 8.49. The van der Waals surface area contributed by atoms with E-state index in [0.29, 0.717) is 61.6 Å². The maximum absolute atomic E-state index is 13.0. The van der Waals surface area contributed by atoms with E-state index in [9.17, 15) is 9.59 Å². The summed E-state index contributed by atoms with van der Waals surface area (Å²) in [7, 11) is 0. The van der Waals surface area contributed by atoms with Crippen molar-refractivity contribution >= 4 is 11.6 Å². The fraction of sp³-hybridized carbons (Fsp3) is 0.440. The first-order valence-electron chi connectivity index (χ1n) is 10.5. The Hall–Kier alpha value is -2.70. The summed E-state index contributed by atoms with van der Waals surface area (Å²) in [5.74, 6) is 1.24. The van der Waals surface area contributed by atoms with Crippen LogP contribution in [0.15, 0.2) is 71.3 Å². The molecule has 0 bridgehead atoms. The van der Waals surface area contributed by atoms with Gasteiger partial charge in [-0.15, -0.1) is 0 Å². The van der Waals surface area contributed by atoms with Crippen molar-refractivity contribution in [1.82, 2.24) is 0 Å². The molecule has 0 aromatic rings. The van der Waals surface area contributed by atoms with E-state index in [1.807, 2.05) is 38.2 Å². The lowest BCUT2D eigenvalue weighted by molar-refractivity contribution is -0.116. The van der Waals surface area contributed by atoms with Gasteiger partial charge in [-0.3, -0.25) is 9.59 Å². The fourth-order valence-corrected chi connectivity index (χ4v) is 4.41. The number of rotatable bonds is 4. The van der Waals surface area contributed by atoms with Crippen LogP contribution in [0.5, 0.6) is 0 Å². The average molecular weight is 424 g/mol. The molecule has 2 aliphatic heterocycles. The zero-order valence-corrected chi connectivity index (χ0v) is 18.1. The van der Waals surface area contributed by atoms with Crippen LogP contribution >= 0.6 is 0 Å². The van der Waals surface area contributed by atoms with Crippen LogP contribution in [0.25, 0.3) is 0 Å². The Bertz CT molecular complexity index is 882. The van der Waals surface area contributed by atoms with Gasteiger partial charge in [-0.05, 0) is 25.0 Å². The number of ether oxygens (including phenoxy) is 4. The van der Waals surface area contributed by atoms with Crippen molar-refractivity contribution in [3.8, 4) is 0 Å². The summed E-state index contributed by atoms with van der Waals surface area (Å²) >= 11 is 0. The molecule has 0 radical (unpaired) electrons. The van der Waals surface area contributed by atoms with Crippen molar-refractivity contribution in [3.05, 3.63) is 71.3 Å². The van der Waals surface area contributed by atoms with E-state index in [0.717, 1.165) is 11.1 Å². The maximum atomic E-state index is 13.0. The van der Waals surface area contributed by atoms with Gasteiger partial charge in [-0.1, -0.05) is 50.3 Å². The Morgan fingerprint density at radius 1 is 0.839 bits per heavy atom. The predicted octanol–water partition coefficient (Wildman–Crippen LogP) is 4.22. The minimum atomic E-state index is -0.644. The number of allylic oxidation sites excluding steroid dienone is 6. The number of carbonyl (C=O) groups excluding carboxylic acids is 2. The van der Waals surface area contributed by atoms with Gasteiger partial charge in [0, 0.05) is 29.4 Å².